The molecule has 84 valence electrons. The van der Waals surface area contributed by atoms with Crippen LogP contribution in [0.3, 0.4) is 0 Å². The van der Waals surface area contributed by atoms with E-state index in [1.165, 1.54) is 17.8 Å². The summed E-state index contributed by atoms with van der Waals surface area (Å²) < 4.78 is 22.8. The number of aromatic nitrogens is 1. The highest BCUT2D eigenvalue weighted by Gasteiger charge is 2.16. The summed E-state index contributed by atoms with van der Waals surface area (Å²) in [6.07, 6.45) is 2.69. The zero-order valence-corrected chi connectivity index (χ0v) is 10.2. The number of nitrogens with zero attached hydrogens (tertiary/aromatic N) is 1. The van der Waals surface area contributed by atoms with Gasteiger partial charge < -0.3 is 5.11 Å². The highest BCUT2D eigenvalue weighted by atomic mass is 32.2. The van der Waals surface area contributed by atoms with Gasteiger partial charge in [-0.1, -0.05) is 18.7 Å². The second-order valence-corrected chi connectivity index (χ2v) is 6.60. The van der Waals surface area contributed by atoms with E-state index in [9.17, 15) is 8.42 Å². The molecule has 1 atom stereocenters. The number of aliphatic hydroxyl groups excluding tert-OH is 1. The summed E-state index contributed by atoms with van der Waals surface area (Å²) >= 11 is 1.26. The molecule has 1 unspecified atom stereocenters. The fraction of sp³-hybridized carbons (Fsp3) is 0.444. The van der Waals surface area contributed by atoms with Crippen molar-refractivity contribution in [3.8, 4) is 0 Å². The van der Waals surface area contributed by atoms with Crippen LogP contribution in [0.15, 0.2) is 28.3 Å². The van der Waals surface area contributed by atoms with E-state index in [0.717, 1.165) is 6.26 Å². The summed E-state index contributed by atoms with van der Waals surface area (Å²) in [6.45, 7) is 1.80. The fourth-order valence-electron chi connectivity index (χ4n) is 0.975. The monoisotopic (exact) mass is 247 g/mol. The first-order valence-electron chi connectivity index (χ1n) is 4.37. The Labute approximate surface area is 93.7 Å². The maximum Gasteiger partial charge on any atom is 0.178 e. The zero-order valence-electron chi connectivity index (χ0n) is 8.54. The molecule has 0 aliphatic rings. The number of hydrogen-bond donors (Lipinski definition) is 1. The molecule has 1 aromatic heterocycles. The maximum absolute atomic E-state index is 11.4. The van der Waals surface area contributed by atoms with Crippen molar-refractivity contribution >= 4 is 21.6 Å². The van der Waals surface area contributed by atoms with E-state index >= 15 is 0 Å². The Morgan fingerprint density at radius 3 is 2.80 bits per heavy atom. The van der Waals surface area contributed by atoms with Crippen molar-refractivity contribution in [2.24, 2.45) is 0 Å². The first-order valence-corrected chi connectivity index (χ1v) is 7.15. The molecule has 0 aliphatic heterocycles. The van der Waals surface area contributed by atoms with Crippen LogP contribution in [-0.2, 0) is 9.84 Å². The van der Waals surface area contributed by atoms with Crippen LogP contribution >= 0.6 is 11.8 Å². The summed E-state index contributed by atoms with van der Waals surface area (Å²) in [7, 11) is -3.25. The van der Waals surface area contributed by atoms with Crippen molar-refractivity contribution in [2.75, 3.05) is 12.9 Å². The molecular formula is C9H13NO3S2. The van der Waals surface area contributed by atoms with Crippen LogP contribution in [0.1, 0.15) is 6.92 Å². The minimum absolute atomic E-state index is 0.00948. The van der Waals surface area contributed by atoms with E-state index in [1.54, 1.807) is 12.3 Å². The Morgan fingerprint density at radius 2 is 2.27 bits per heavy atom. The Balaban J connectivity index is 3.08. The number of sulfone groups is 1. The second-order valence-electron chi connectivity index (χ2n) is 3.19. The van der Waals surface area contributed by atoms with Crippen molar-refractivity contribution in [1.29, 1.82) is 0 Å². The van der Waals surface area contributed by atoms with E-state index in [2.05, 4.69) is 4.98 Å². The summed E-state index contributed by atoms with van der Waals surface area (Å²) in [6, 6.07) is 3.11. The smallest absolute Gasteiger partial charge is 0.178 e. The van der Waals surface area contributed by atoms with E-state index in [0.29, 0.717) is 5.03 Å². The van der Waals surface area contributed by atoms with Crippen molar-refractivity contribution < 1.29 is 13.5 Å². The Hall–Kier alpha value is -0.590. The molecular weight excluding hydrogens is 234 g/mol. The average molecular weight is 247 g/mol. The molecule has 1 aromatic rings. The lowest BCUT2D eigenvalue weighted by molar-refractivity contribution is 0.300. The summed E-state index contributed by atoms with van der Waals surface area (Å²) in [5, 5.41) is 9.27. The predicted molar refractivity (Wildman–Crippen MR) is 59.8 cm³/mol. The molecule has 15 heavy (non-hydrogen) atoms. The van der Waals surface area contributed by atoms with Gasteiger partial charge in [-0.2, -0.15) is 0 Å². The predicted octanol–water partition coefficient (Wildman–Crippen LogP) is 0.958. The van der Waals surface area contributed by atoms with Crippen LogP contribution in [0, 0.1) is 0 Å². The van der Waals surface area contributed by atoms with Crippen LogP contribution in [0.5, 0.6) is 0 Å². The van der Waals surface area contributed by atoms with Crippen molar-refractivity contribution in [3.05, 3.63) is 18.3 Å². The molecule has 0 fully saturated rings. The molecule has 0 bridgehead atoms. The largest absolute Gasteiger partial charge is 0.395 e. The van der Waals surface area contributed by atoms with Gasteiger partial charge in [0.25, 0.3) is 0 Å². The van der Waals surface area contributed by atoms with Crippen LogP contribution in [0.2, 0.25) is 0 Å². The van der Waals surface area contributed by atoms with Crippen LogP contribution in [0.25, 0.3) is 0 Å². The molecule has 1 heterocycles. The SMILES string of the molecule is CC(CO)Sc1ncccc1S(C)(=O)=O. The molecule has 0 aliphatic carbocycles. The molecule has 6 heteroatoms. The molecule has 1 rings (SSSR count). The van der Waals surface area contributed by atoms with Crippen molar-refractivity contribution in [2.45, 2.75) is 22.1 Å². The molecule has 0 saturated heterocycles. The van der Waals surface area contributed by atoms with E-state index in [-0.39, 0.29) is 16.8 Å². The lowest BCUT2D eigenvalue weighted by Gasteiger charge is -2.09. The molecule has 4 nitrogen and oxygen atoms in total. The lowest BCUT2D eigenvalue weighted by Crippen LogP contribution is -2.06. The van der Waals surface area contributed by atoms with Gasteiger partial charge in [0.1, 0.15) is 5.03 Å². The first kappa shape index (κ1) is 12.5. The standard InChI is InChI=1S/C9H13NO3S2/c1-7(6-11)14-9-8(15(2,12)13)4-3-5-10-9/h3-5,7,11H,6H2,1-2H3. The van der Waals surface area contributed by atoms with Gasteiger partial charge >= 0.3 is 0 Å². The highest BCUT2D eigenvalue weighted by Crippen LogP contribution is 2.27. The summed E-state index contributed by atoms with van der Waals surface area (Å²) in [5.74, 6) is 0. The molecule has 0 radical (unpaired) electrons. The van der Waals surface area contributed by atoms with Gasteiger partial charge in [0.2, 0.25) is 0 Å². The van der Waals surface area contributed by atoms with Gasteiger partial charge in [0.05, 0.1) is 11.5 Å². The van der Waals surface area contributed by atoms with E-state index < -0.39 is 9.84 Å². The molecule has 0 aromatic carbocycles. The first-order chi connectivity index (χ1) is 6.95. The normalized spacial score (nSPS) is 13.8. The van der Waals surface area contributed by atoms with E-state index in [4.69, 9.17) is 5.11 Å². The lowest BCUT2D eigenvalue weighted by atomic mass is 10.5. The summed E-state index contributed by atoms with van der Waals surface area (Å²) in [4.78, 5) is 4.22. The van der Waals surface area contributed by atoms with Gasteiger partial charge in [-0.25, -0.2) is 13.4 Å². The third-order valence-corrected chi connectivity index (χ3v) is 4.06. The molecule has 1 N–H and O–H groups in total. The van der Waals surface area contributed by atoms with Crippen LogP contribution in [-0.4, -0.2) is 36.6 Å². The molecule has 0 saturated carbocycles. The van der Waals surface area contributed by atoms with Crippen LogP contribution < -0.4 is 0 Å². The minimum atomic E-state index is -3.25. The van der Waals surface area contributed by atoms with Gasteiger partial charge in [-0.15, -0.1) is 0 Å². The van der Waals surface area contributed by atoms with Crippen molar-refractivity contribution in [3.63, 3.8) is 0 Å². The zero-order chi connectivity index (χ0) is 11.5. The molecule has 0 spiro atoms. The van der Waals surface area contributed by atoms with Gasteiger partial charge in [0, 0.05) is 17.7 Å². The second kappa shape index (κ2) is 4.96. The molecule has 0 amide bonds. The maximum atomic E-state index is 11.4. The number of hydrogen-bond acceptors (Lipinski definition) is 5. The number of pyridine rings is 1. The topological polar surface area (TPSA) is 67.3 Å². The van der Waals surface area contributed by atoms with E-state index in [1.807, 2.05) is 6.92 Å². The highest BCUT2D eigenvalue weighted by molar-refractivity contribution is 8.00. The Bertz CT molecular complexity index is 431. The quantitative estimate of drug-likeness (QED) is 0.803. The Kier molecular flexibility index (Phi) is 4.12. The number of aliphatic hydroxyl groups is 1. The van der Waals surface area contributed by atoms with Crippen LogP contribution in [0.4, 0.5) is 0 Å². The van der Waals surface area contributed by atoms with Gasteiger partial charge in [-0.3, -0.25) is 0 Å². The van der Waals surface area contributed by atoms with Crippen molar-refractivity contribution in [1.82, 2.24) is 4.98 Å². The van der Waals surface area contributed by atoms with Gasteiger partial charge in [-0.05, 0) is 12.1 Å². The summed E-state index contributed by atoms with van der Waals surface area (Å²) in [5.41, 5.74) is 0. The average Bonchev–Trinajstić information content (AvgIpc) is 2.17. The number of thioether (sulfide) groups is 1. The number of rotatable bonds is 4. The third-order valence-electron chi connectivity index (χ3n) is 1.71. The Morgan fingerprint density at radius 1 is 1.60 bits per heavy atom. The minimum Gasteiger partial charge on any atom is -0.395 e. The fourth-order valence-corrected chi connectivity index (χ4v) is 3.03. The third kappa shape index (κ3) is 3.48. The van der Waals surface area contributed by atoms with Gasteiger partial charge in [0.15, 0.2) is 9.84 Å².